The quantitative estimate of drug-likeness (QED) is 0.935. The van der Waals surface area contributed by atoms with Crippen LogP contribution in [0.2, 0.25) is 0 Å². The number of nitrogens with one attached hydrogen (secondary N) is 1. The third-order valence-corrected chi connectivity index (χ3v) is 4.83. The standard InChI is InChI=1S/C17H22N2OS/c1-17(2,3)15-14(10-18-4)21-16(19-15)13-9-11-7-5-6-8-12(11)20-13/h5-8,13,18H,9-10H2,1-4H3. The van der Waals surface area contributed by atoms with Gasteiger partial charge in [0.1, 0.15) is 10.8 Å². The maximum Gasteiger partial charge on any atom is 0.154 e. The van der Waals surface area contributed by atoms with Gasteiger partial charge in [-0.25, -0.2) is 4.98 Å². The topological polar surface area (TPSA) is 34.1 Å². The number of ether oxygens (including phenoxy) is 1. The average molecular weight is 302 g/mol. The molecule has 1 aliphatic heterocycles. The number of thiazole rings is 1. The molecule has 0 aliphatic carbocycles. The van der Waals surface area contributed by atoms with Gasteiger partial charge >= 0.3 is 0 Å². The summed E-state index contributed by atoms with van der Waals surface area (Å²) < 4.78 is 6.08. The summed E-state index contributed by atoms with van der Waals surface area (Å²) in [5, 5.41) is 4.35. The van der Waals surface area contributed by atoms with Gasteiger partial charge < -0.3 is 10.1 Å². The second-order valence-corrected chi connectivity index (χ2v) is 7.64. The molecule has 4 heteroatoms. The number of fused-ring (bicyclic) bond motifs is 1. The van der Waals surface area contributed by atoms with Gasteiger partial charge in [0.25, 0.3) is 0 Å². The van der Waals surface area contributed by atoms with Crippen molar-refractivity contribution in [1.29, 1.82) is 0 Å². The molecule has 0 saturated heterocycles. The molecule has 0 amide bonds. The maximum atomic E-state index is 6.08. The highest BCUT2D eigenvalue weighted by atomic mass is 32.1. The van der Waals surface area contributed by atoms with Crippen LogP contribution in [0.25, 0.3) is 0 Å². The first-order valence-corrected chi connectivity index (χ1v) is 8.20. The van der Waals surface area contributed by atoms with Crippen LogP contribution in [0.4, 0.5) is 0 Å². The normalized spacial score (nSPS) is 17.6. The van der Waals surface area contributed by atoms with Crippen molar-refractivity contribution in [3.05, 3.63) is 45.4 Å². The van der Waals surface area contributed by atoms with Gasteiger partial charge in [0.15, 0.2) is 6.10 Å². The van der Waals surface area contributed by atoms with Crippen molar-refractivity contribution < 1.29 is 4.74 Å². The molecule has 0 fully saturated rings. The van der Waals surface area contributed by atoms with E-state index in [9.17, 15) is 0 Å². The smallest absolute Gasteiger partial charge is 0.154 e. The Morgan fingerprint density at radius 2 is 2.10 bits per heavy atom. The highest BCUT2D eigenvalue weighted by Gasteiger charge is 2.30. The molecule has 1 aliphatic rings. The Morgan fingerprint density at radius 3 is 2.76 bits per heavy atom. The Kier molecular flexibility index (Phi) is 3.76. The molecule has 0 saturated carbocycles. The minimum atomic E-state index is 0.0619. The van der Waals surface area contributed by atoms with E-state index in [-0.39, 0.29) is 11.5 Å². The molecule has 2 aromatic rings. The van der Waals surface area contributed by atoms with E-state index in [2.05, 4.69) is 38.2 Å². The molecular formula is C17H22N2OS. The molecule has 3 rings (SSSR count). The molecule has 1 aromatic heterocycles. The minimum Gasteiger partial charge on any atom is -0.483 e. The Morgan fingerprint density at radius 1 is 1.33 bits per heavy atom. The zero-order valence-electron chi connectivity index (χ0n) is 13.1. The molecule has 1 N–H and O–H groups in total. The Hall–Kier alpha value is -1.39. The van der Waals surface area contributed by atoms with Gasteiger partial charge in [0.2, 0.25) is 0 Å². The SMILES string of the molecule is CNCc1sc(C2Cc3ccccc3O2)nc1C(C)(C)C. The number of benzene rings is 1. The largest absolute Gasteiger partial charge is 0.483 e. The van der Waals surface area contributed by atoms with E-state index in [1.54, 1.807) is 11.3 Å². The van der Waals surface area contributed by atoms with E-state index in [1.165, 1.54) is 16.1 Å². The van der Waals surface area contributed by atoms with Gasteiger partial charge in [0, 0.05) is 23.3 Å². The molecule has 2 heterocycles. The second kappa shape index (κ2) is 5.43. The first-order chi connectivity index (χ1) is 9.99. The molecule has 1 atom stereocenters. The number of aromatic nitrogens is 1. The lowest BCUT2D eigenvalue weighted by Crippen LogP contribution is -2.17. The van der Waals surface area contributed by atoms with Gasteiger partial charge in [-0.15, -0.1) is 11.3 Å². The molecule has 0 radical (unpaired) electrons. The fourth-order valence-corrected chi connectivity index (χ4v) is 4.01. The zero-order chi connectivity index (χ0) is 15.0. The van der Waals surface area contributed by atoms with Crippen LogP contribution < -0.4 is 10.1 Å². The molecule has 21 heavy (non-hydrogen) atoms. The van der Waals surface area contributed by atoms with E-state index >= 15 is 0 Å². The summed E-state index contributed by atoms with van der Waals surface area (Å²) in [4.78, 5) is 6.24. The van der Waals surface area contributed by atoms with Gasteiger partial charge in [-0.1, -0.05) is 39.0 Å². The molecule has 112 valence electrons. The molecular weight excluding hydrogens is 280 g/mol. The van der Waals surface area contributed by atoms with Crippen LogP contribution in [0.15, 0.2) is 24.3 Å². The number of rotatable bonds is 3. The second-order valence-electron chi connectivity index (χ2n) is 6.52. The third kappa shape index (κ3) is 2.83. The Bertz CT molecular complexity index is 617. The minimum absolute atomic E-state index is 0.0619. The van der Waals surface area contributed by atoms with E-state index in [4.69, 9.17) is 9.72 Å². The molecule has 3 nitrogen and oxygen atoms in total. The summed E-state index contributed by atoms with van der Waals surface area (Å²) in [7, 11) is 1.98. The summed E-state index contributed by atoms with van der Waals surface area (Å²) in [6, 6.07) is 8.28. The van der Waals surface area contributed by atoms with Crippen molar-refractivity contribution in [3.8, 4) is 5.75 Å². The maximum absolute atomic E-state index is 6.08. The van der Waals surface area contributed by atoms with E-state index in [0.717, 1.165) is 23.7 Å². The lowest BCUT2D eigenvalue weighted by atomic mass is 9.91. The molecule has 0 spiro atoms. The van der Waals surface area contributed by atoms with Crippen molar-refractivity contribution in [2.24, 2.45) is 0 Å². The molecule has 1 aromatic carbocycles. The van der Waals surface area contributed by atoms with Crippen LogP contribution in [0.3, 0.4) is 0 Å². The zero-order valence-corrected chi connectivity index (χ0v) is 13.9. The van der Waals surface area contributed by atoms with Crippen LogP contribution in [0, 0.1) is 0 Å². The summed E-state index contributed by atoms with van der Waals surface area (Å²) >= 11 is 1.78. The fourth-order valence-electron chi connectivity index (χ4n) is 2.69. The van der Waals surface area contributed by atoms with E-state index in [1.807, 2.05) is 19.2 Å². The number of nitrogens with zero attached hydrogens (tertiary/aromatic N) is 1. The van der Waals surface area contributed by atoms with Crippen molar-refractivity contribution in [2.45, 2.75) is 45.3 Å². The number of hydrogen-bond acceptors (Lipinski definition) is 4. The first-order valence-electron chi connectivity index (χ1n) is 7.38. The van der Waals surface area contributed by atoms with Crippen LogP contribution in [-0.2, 0) is 18.4 Å². The predicted octanol–water partition coefficient (Wildman–Crippen LogP) is 3.84. The summed E-state index contributed by atoms with van der Waals surface area (Å²) in [6.07, 6.45) is 0.991. The van der Waals surface area contributed by atoms with Crippen molar-refractivity contribution >= 4 is 11.3 Å². The highest BCUT2D eigenvalue weighted by molar-refractivity contribution is 7.11. The van der Waals surface area contributed by atoms with Crippen molar-refractivity contribution in [2.75, 3.05) is 7.05 Å². The highest BCUT2D eigenvalue weighted by Crippen LogP contribution is 2.40. The number of para-hydroxylation sites is 1. The Balaban J connectivity index is 1.91. The monoisotopic (exact) mass is 302 g/mol. The van der Waals surface area contributed by atoms with Crippen LogP contribution in [0.1, 0.15) is 48.0 Å². The van der Waals surface area contributed by atoms with E-state index < -0.39 is 0 Å². The fraction of sp³-hybridized carbons (Fsp3) is 0.471. The number of hydrogen-bond donors (Lipinski definition) is 1. The van der Waals surface area contributed by atoms with Crippen LogP contribution in [-0.4, -0.2) is 12.0 Å². The van der Waals surface area contributed by atoms with Crippen molar-refractivity contribution in [1.82, 2.24) is 10.3 Å². The first kappa shape index (κ1) is 14.5. The lowest BCUT2D eigenvalue weighted by molar-refractivity contribution is 0.237. The molecule has 0 bridgehead atoms. The van der Waals surface area contributed by atoms with Crippen LogP contribution >= 0.6 is 11.3 Å². The average Bonchev–Trinajstić information content (AvgIpc) is 3.01. The summed E-state index contributed by atoms with van der Waals surface area (Å²) in [5.74, 6) is 1.00. The predicted molar refractivity (Wildman–Crippen MR) is 87.1 cm³/mol. The lowest BCUT2D eigenvalue weighted by Gasteiger charge is -2.17. The van der Waals surface area contributed by atoms with Crippen molar-refractivity contribution in [3.63, 3.8) is 0 Å². The van der Waals surface area contributed by atoms with Gasteiger partial charge in [0.05, 0.1) is 5.69 Å². The molecule has 1 unspecified atom stereocenters. The van der Waals surface area contributed by atoms with E-state index in [0.29, 0.717) is 0 Å². The van der Waals surface area contributed by atoms with Gasteiger partial charge in [-0.2, -0.15) is 0 Å². The summed E-state index contributed by atoms with van der Waals surface area (Å²) in [6.45, 7) is 7.52. The van der Waals surface area contributed by atoms with Crippen LogP contribution in [0.5, 0.6) is 5.75 Å². The third-order valence-electron chi connectivity index (χ3n) is 3.68. The van der Waals surface area contributed by atoms with Gasteiger partial charge in [-0.3, -0.25) is 0 Å². The van der Waals surface area contributed by atoms with Gasteiger partial charge in [-0.05, 0) is 18.7 Å². The summed E-state index contributed by atoms with van der Waals surface area (Å²) in [5.41, 5.74) is 2.54. The Labute approximate surface area is 130 Å².